The van der Waals surface area contributed by atoms with Crippen molar-refractivity contribution in [3.63, 3.8) is 0 Å². The minimum atomic E-state index is -0.109. The summed E-state index contributed by atoms with van der Waals surface area (Å²) in [4.78, 5) is 41.0. The highest BCUT2D eigenvalue weighted by Gasteiger charge is 2.13. The van der Waals surface area contributed by atoms with Gasteiger partial charge in [0.15, 0.2) is 0 Å². The van der Waals surface area contributed by atoms with Crippen LogP contribution in [0.2, 0.25) is 0 Å². The van der Waals surface area contributed by atoms with Crippen LogP contribution in [0.4, 0.5) is 0 Å². The molecule has 0 spiro atoms. The van der Waals surface area contributed by atoms with Crippen LogP contribution in [0.25, 0.3) is 0 Å². The molecule has 7 nitrogen and oxygen atoms in total. The topological polar surface area (TPSA) is 76.1 Å². The lowest BCUT2D eigenvalue weighted by Crippen LogP contribution is -2.34. The molecule has 274 valence electrons. The Hall–Kier alpha value is -1.80. The molecule has 0 aromatic heterocycles. The van der Waals surface area contributed by atoms with E-state index in [-0.39, 0.29) is 17.8 Å². The van der Waals surface area contributed by atoms with Crippen LogP contribution in [0.3, 0.4) is 0 Å². The largest absolute Gasteiger partial charge is 0.466 e. The van der Waals surface area contributed by atoms with Crippen LogP contribution in [-0.4, -0.2) is 79.7 Å². The average Bonchev–Trinajstić information content (AvgIpc) is 3.05. The lowest BCUT2D eigenvalue weighted by molar-refractivity contribution is -0.144. The van der Waals surface area contributed by atoms with Crippen LogP contribution < -0.4 is 0 Å². The van der Waals surface area contributed by atoms with Crippen molar-refractivity contribution in [3.8, 4) is 0 Å². The number of unbranched alkanes of at least 4 members (excludes halogenated alkanes) is 14. The quantitative estimate of drug-likeness (QED) is 0.0290. The molecule has 0 radical (unpaired) electrons. The van der Waals surface area contributed by atoms with Crippen molar-refractivity contribution < 1.29 is 23.9 Å². The molecule has 0 saturated heterocycles. The smallest absolute Gasteiger partial charge is 0.306 e. The molecule has 0 heterocycles. The van der Waals surface area contributed by atoms with Crippen LogP contribution >= 0.6 is 11.8 Å². The second-order valence-corrected chi connectivity index (χ2v) is 13.9. The molecule has 8 heteroatoms. The van der Waals surface area contributed by atoms with Crippen LogP contribution in [0.15, 0.2) is 24.3 Å². The monoisotopic (exact) mass is 681 g/mol. The van der Waals surface area contributed by atoms with E-state index in [4.69, 9.17) is 9.47 Å². The molecule has 0 aromatic rings. The van der Waals surface area contributed by atoms with Crippen molar-refractivity contribution >= 4 is 29.6 Å². The van der Waals surface area contributed by atoms with Gasteiger partial charge in [0.2, 0.25) is 5.91 Å². The van der Waals surface area contributed by atoms with E-state index in [2.05, 4.69) is 43.1 Å². The zero-order valence-corrected chi connectivity index (χ0v) is 31.8. The zero-order chi connectivity index (χ0) is 34.6. The standard InChI is InChI=1S/C39H72N2O5S/c1-5-7-9-11-13-15-17-23-29-38(43)45-33-27-21-19-25-31-41(37(42)35-47-36-40(3)4)32-26-20-22-28-34-46-39(44)30-24-18-16-14-12-10-8-6-2/h15-18H,5-14,19-36H2,1-4H3/b17-15-,18-16-. The van der Waals surface area contributed by atoms with E-state index in [0.717, 1.165) is 96.0 Å². The van der Waals surface area contributed by atoms with Gasteiger partial charge >= 0.3 is 11.9 Å². The summed E-state index contributed by atoms with van der Waals surface area (Å²) >= 11 is 1.66. The summed E-state index contributed by atoms with van der Waals surface area (Å²) in [5.41, 5.74) is 0. The first-order chi connectivity index (χ1) is 22.9. The Kier molecular flexibility index (Phi) is 34.1. The SMILES string of the molecule is CCCCCC/C=C\CCC(=O)OCCCCCCN(CCCCCCOC(=O)CC/C=C\CCCCCC)C(=O)CSCN(C)C. The van der Waals surface area contributed by atoms with Gasteiger partial charge in [-0.25, -0.2) is 0 Å². The first kappa shape index (κ1) is 45.2. The fourth-order valence-corrected chi connectivity index (χ4v) is 5.87. The third kappa shape index (κ3) is 33.9. The van der Waals surface area contributed by atoms with Crippen LogP contribution in [0.1, 0.15) is 155 Å². The molecule has 0 atom stereocenters. The van der Waals surface area contributed by atoms with Crippen molar-refractivity contribution in [2.75, 3.05) is 52.0 Å². The van der Waals surface area contributed by atoms with E-state index < -0.39 is 0 Å². The minimum Gasteiger partial charge on any atom is -0.466 e. The fraction of sp³-hybridized carbons (Fsp3) is 0.821. The molecule has 0 bridgehead atoms. The predicted octanol–water partition coefficient (Wildman–Crippen LogP) is 9.89. The number of hydrogen-bond donors (Lipinski definition) is 0. The summed E-state index contributed by atoms with van der Waals surface area (Å²) in [5.74, 6) is 1.34. The Bertz CT molecular complexity index is 750. The summed E-state index contributed by atoms with van der Waals surface area (Å²) in [5, 5.41) is 0. The molecule has 0 rings (SSSR count). The molecule has 1 amide bonds. The molecule has 0 fully saturated rings. The number of allylic oxidation sites excluding steroid dienone is 4. The third-order valence-corrected chi connectivity index (χ3v) is 9.06. The molecule has 0 N–H and O–H groups in total. The lowest BCUT2D eigenvalue weighted by Gasteiger charge is -2.23. The maximum Gasteiger partial charge on any atom is 0.306 e. The van der Waals surface area contributed by atoms with Gasteiger partial charge in [-0.05, 0) is 91.1 Å². The van der Waals surface area contributed by atoms with Crippen molar-refractivity contribution in [1.82, 2.24) is 9.80 Å². The van der Waals surface area contributed by atoms with Crippen molar-refractivity contribution in [2.45, 2.75) is 155 Å². The van der Waals surface area contributed by atoms with E-state index in [1.165, 1.54) is 51.4 Å². The highest BCUT2D eigenvalue weighted by molar-refractivity contribution is 7.99. The summed E-state index contributed by atoms with van der Waals surface area (Å²) in [6.07, 6.45) is 31.0. The number of rotatable bonds is 34. The average molecular weight is 681 g/mol. The van der Waals surface area contributed by atoms with E-state index >= 15 is 0 Å². The summed E-state index contributed by atoms with van der Waals surface area (Å²) in [6.45, 7) is 6.95. The molecule has 0 aliphatic rings. The van der Waals surface area contributed by atoms with Crippen LogP contribution in [-0.2, 0) is 23.9 Å². The van der Waals surface area contributed by atoms with Crippen molar-refractivity contribution in [3.05, 3.63) is 24.3 Å². The Morgan fingerprint density at radius 2 is 0.979 bits per heavy atom. The minimum absolute atomic E-state index is 0.109. The van der Waals surface area contributed by atoms with Crippen LogP contribution in [0, 0.1) is 0 Å². The van der Waals surface area contributed by atoms with Gasteiger partial charge in [0, 0.05) is 31.8 Å². The Labute approximate surface area is 294 Å². The van der Waals surface area contributed by atoms with E-state index in [0.29, 0.717) is 31.8 Å². The molecule has 47 heavy (non-hydrogen) atoms. The first-order valence-corrected chi connectivity index (χ1v) is 20.2. The highest BCUT2D eigenvalue weighted by Crippen LogP contribution is 2.11. The van der Waals surface area contributed by atoms with Crippen molar-refractivity contribution in [1.29, 1.82) is 0 Å². The van der Waals surface area contributed by atoms with Gasteiger partial charge in [-0.2, -0.15) is 0 Å². The van der Waals surface area contributed by atoms with Gasteiger partial charge in [0.1, 0.15) is 0 Å². The first-order valence-electron chi connectivity index (χ1n) is 19.0. The fourth-order valence-electron chi connectivity index (χ4n) is 5.05. The highest BCUT2D eigenvalue weighted by atomic mass is 32.2. The number of carbonyl (C=O) groups is 3. The predicted molar refractivity (Wildman–Crippen MR) is 201 cm³/mol. The van der Waals surface area contributed by atoms with Gasteiger partial charge in [-0.15, -0.1) is 11.8 Å². The maximum atomic E-state index is 12.9. The molecule has 0 aliphatic carbocycles. The number of nitrogens with zero attached hydrogens (tertiary/aromatic N) is 2. The zero-order valence-electron chi connectivity index (χ0n) is 31.0. The lowest BCUT2D eigenvalue weighted by atomic mass is 10.1. The van der Waals surface area contributed by atoms with Gasteiger partial charge in [-0.1, -0.05) is 89.5 Å². The molecule has 0 aromatic carbocycles. The Morgan fingerprint density at radius 3 is 1.43 bits per heavy atom. The maximum absolute atomic E-state index is 12.9. The van der Waals surface area contributed by atoms with Gasteiger partial charge < -0.3 is 19.3 Å². The molecule has 0 aliphatic heterocycles. The second kappa shape index (κ2) is 35.5. The van der Waals surface area contributed by atoms with Gasteiger partial charge in [0.25, 0.3) is 0 Å². The van der Waals surface area contributed by atoms with E-state index in [9.17, 15) is 14.4 Å². The van der Waals surface area contributed by atoms with E-state index in [1.807, 2.05) is 19.0 Å². The second-order valence-electron chi connectivity index (χ2n) is 12.9. The number of amides is 1. The normalized spacial score (nSPS) is 11.6. The summed E-state index contributed by atoms with van der Waals surface area (Å²) in [6, 6.07) is 0. The summed E-state index contributed by atoms with van der Waals surface area (Å²) in [7, 11) is 4.04. The molecular weight excluding hydrogens is 609 g/mol. The molecule has 0 saturated carbocycles. The number of esters is 2. The number of thioether (sulfide) groups is 1. The molecular formula is C39H72N2O5S. The van der Waals surface area contributed by atoms with Crippen molar-refractivity contribution in [2.24, 2.45) is 0 Å². The molecule has 0 unspecified atom stereocenters. The third-order valence-electron chi connectivity index (χ3n) is 7.91. The number of hydrogen-bond acceptors (Lipinski definition) is 7. The number of carbonyl (C=O) groups excluding carboxylic acids is 3. The van der Waals surface area contributed by atoms with Crippen LogP contribution in [0.5, 0.6) is 0 Å². The van der Waals surface area contributed by atoms with E-state index in [1.54, 1.807) is 11.8 Å². The Morgan fingerprint density at radius 1 is 0.553 bits per heavy atom. The Balaban J connectivity index is 4.07. The van der Waals surface area contributed by atoms with Gasteiger partial charge in [-0.3, -0.25) is 14.4 Å². The summed E-state index contributed by atoms with van der Waals surface area (Å²) < 4.78 is 10.8. The van der Waals surface area contributed by atoms with Gasteiger partial charge in [0.05, 0.1) is 19.0 Å². The number of ether oxygens (including phenoxy) is 2.